The molecule has 0 fully saturated rings. The van der Waals surface area contributed by atoms with Gasteiger partial charge in [0.15, 0.2) is 0 Å². The van der Waals surface area contributed by atoms with E-state index in [0.29, 0.717) is 32.1 Å². The fourth-order valence-electron chi connectivity index (χ4n) is 1.22. The van der Waals surface area contributed by atoms with Crippen LogP contribution in [0, 0.1) is 0 Å². The van der Waals surface area contributed by atoms with Gasteiger partial charge in [-0.25, -0.2) is 13.1 Å². The van der Waals surface area contributed by atoms with Gasteiger partial charge >= 0.3 is 6.01 Å². The monoisotopic (exact) mass is 323 g/mol. The molecule has 114 valence electrons. The number of hydrogen-bond acceptors (Lipinski definition) is 7. The molecule has 1 heterocycles. The highest BCUT2D eigenvalue weighted by Crippen LogP contribution is 2.11. The number of sulfonamides is 1. The minimum Gasteiger partial charge on any atom is -0.463 e. The van der Waals surface area contributed by atoms with E-state index < -0.39 is 10.0 Å². The molecule has 0 aromatic carbocycles. The Kier molecular flexibility index (Phi) is 6.89. The molecule has 0 aliphatic rings. The van der Waals surface area contributed by atoms with E-state index in [1.54, 1.807) is 0 Å². The molecule has 0 saturated carbocycles. The van der Waals surface area contributed by atoms with Crippen LogP contribution in [0.5, 0.6) is 6.01 Å². The topological polar surface area (TPSA) is 106 Å². The third kappa shape index (κ3) is 7.41. The van der Waals surface area contributed by atoms with Crippen molar-refractivity contribution in [3.8, 4) is 6.01 Å². The first-order chi connectivity index (χ1) is 9.40. The quantitative estimate of drug-likeness (QED) is 0.643. The number of nitrogens with one attached hydrogen (secondary N) is 2. The maximum atomic E-state index is 10.9. The van der Waals surface area contributed by atoms with Crippen molar-refractivity contribution in [2.45, 2.75) is 19.8 Å². The SMILES string of the molecule is CCCOc1nc(Cl)nc(NCCCNS(C)(=O)=O)n1. The van der Waals surface area contributed by atoms with E-state index in [1.807, 2.05) is 6.92 Å². The Morgan fingerprint density at radius 3 is 2.65 bits per heavy atom. The highest BCUT2D eigenvalue weighted by atomic mass is 35.5. The molecule has 0 radical (unpaired) electrons. The molecule has 0 saturated heterocycles. The number of ether oxygens (including phenoxy) is 1. The van der Waals surface area contributed by atoms with Crippen LogP contribution in [0.3, 0.4) is 0 Å². The van der Waals surface area contributed by atoms with Crippen molar-refractivity contribution in [2.75, 3.05) is 31.3 Å². The Balaban J connectivity index is 2.41. The molecule has 20 heavy (non-hydrogen) atoms. The summed E-state index contributed by atoms with van der Waals surface area (Å²) >= 11 is 5.75. The summed E-state index contributed by atoms with van der Waals surface area (Å²) in [6.07, 6.45) is 2.54. The Bertz CT molecular complexity index is 526. The van der Waals surface area contributed by atoms with Crippen LogP contribution in [-0.4, -0.2) is 49.3 Å². The third-order valence-corrected chi connectivity index (χ3v) is 2.92. The first kappa shape index (κ1) is 16.9. The smallest absolute Gasteiger partial charge is 0.322 e. The van der Waals surface area contributed by atoms with Crippen molar-refractivity contribution in [2.24, 2.45) is 0 Å². The van der Waals surface area contributed by atoms with E-state index in [4.69, 9.17) is 16.3 Å². The summed E-state index contributed by atoms with van der Waals surface area (Å²) in [5, 5.41) is 2.97. The standard InChI is InChI=1S/C10H18ClN5O3S/c1-3-7-19-10-15-8(11)14-9(16-10)12-5-4-6-13-20(2,17)18/h13H,3-7H2,1-2H3,(H,12,14,15,16). The summed E-state index contributed by atoms with van der Waals surface area (Å²) in [7, 11) is -3.15. The molecule has 8 nitrogen and oxygen atoms in total. The fraction of sp³-hybridized carbons (Fsp3) is 0.700. The van der Waals surface area contributed by atoms with Crippen LogP contribution in [0.25, 0.3) is 0 Å². The van der Waals surface area contributed by atoms with E-state index in [1.165, 1.54) is 0 Å². The summed E-state index contributed by atoms with van der Waals surface area (Å²) in [4.78, 5) is 11.8. The lowest BCUT2D eigenvalue weighted by atomic mass is 10.4. The second-order valence-corrected chi connectivity index (χ2v) is 6.18. The van der Waals surface area contributed by atoms with Gasteiger partial charge in [-0.3, -0.25) is 0 Å². The molecule has 0 atom stereocenters. The van der Waals surface area contributed by atoms with Gasteiger partial charge in [0.05, 0.1) is 12.9 Å². The lowest BCUT2D eigenvalue weighted by molar-refractivity contribution is 0.291. The predicted octanol–water partition coefficient (Wildman–Crippen LogP) is 0.665. The van der Waals surface area contributed by atoms with Gasteiger partial charge in [0.1, 0.15) is 0 Å². The maximum absolute atomic E-state index is 10.9. The molecule has 1 aromatic rings. The number of hydrogen-bond donors (Lipinski definition) is 2. The molecule has 0 bridgehead atoms. The van der Waals surface area contributed by atoms with Gasteiger partial charge in [-0.2, -0.15) is 15.0 Å². The average molecular weight is 324 g/mol. The number of aromatic nitrogens is 3. The zero-order chi connectivity index (χ0) is 15.0. The van der Waals surface area contributed by atoms with Gasteiger partial charge in [-0.15, -0.1) is 0 Å². The van der Waals surface area contributed by atoms with Gasteiger partial charge in [-0.05, 0) is 24.4 Å². The van der Waals surface area contributed by atoms with Crippen molar-refractivity contribution in [3.63, 3.8) is 0 Å². The van der Waals surface area contributed by atoms with Crippen molar-refractivity contribution in [1.82, 2.24) is 19.7 Å². The minimum absolute atomic E-state index is 0.0443. The lowest BCUT2D eigenvalue weighted by Gasteiger charge is -2.07. The van der Waals surface area contributed by atoms with E-state index in [2.05, 4.69) is 25.0 Å². The molecule has 0 aliphatic carbocycles. The summed E-state index contributed by atoms with van der Waals surface area (Å²) in [5.74, 6) is 0.301. The van der Waals surface area contributed by atoms with Gasteiger partial charge in [0, 0.05) is 13.1 Å². The normalized spacial score (nSPS) is 11.3. The van der Waals surface area contributed by atoms with Crippen LogP contribution < -0.4 is 14.8 Å². The molecule has 1 rings (SSSR count). The highest BCUT2D eigenvalue weighted by molar-refractivity contribution is 7.88. The van der Waals surface area contributed by atoms with Gasteiger partial charge in [0.2, 0.25) is 21.3 Å². The van der Waals surface area contributed by atoms with Crippen LogP contribution >= 0.6 is 11.6 Å². The van der Waals surface area contributed by atoms with E-state index in [0.717, 1.165) is 12.7 Å². The Labute approximate surface area is 123 Å². The van der Waals surface area contributed by atoms with Crippen LogP contribution in [-0.2, 0) is 10.0 Å². The van der Waals surface area contributed by atoms with Crippen LogP contribution in [0.4, 0.5) is 5.95 Å². The predicted molar refractivity (Wildman–Crippen MR) is 76.6 cm³/mol. The van der Waals surface area contributed by atoms with Crippen molar-refractivity contribution in [1.29, 1.82) is 0 Å². The van der Waals surface area contributed by atoms with Gasteiger partial charge < -0.3 is 10.1 Å². The van der Waals surface area contributed by atoms with E-state index in [-0.39, 0.29) is 11.3 Å². The second kappa shape index (κ2) is 8.18. The Morgan fingerprint density at radius 2 is 2.00 bits per heavy atom. The first-order valence-electron chi connectivity index (χ1n) is 6.13. The zero-order valence-corrected chi connectivity index (χ0v) is 13.0. The molecular weight excluding hydrogens is 306 g/mol. The largest absolute Gasteiger partial charge is 0.463 e. The molecule has 1 aromatic heterocycles. The molecule has 0 aliphatic heterocycles. The summed E-state index contributed by atoms with van der Waals surface area (Å²) in [6, 6.07) is 0.170. The molecule has 10 heteroatoms. The Hall–Kier alpha value is -1.19. The number of nitrogens with zero attached hydrogens (tertiary/aromatic N) is 3. The lowest BCUT2D eigenvalue weighted by Crippen LogP contribution is -2.24. The number of halogens is 1. The van der Waals surface area contributed by atoms with Gasteiger partial charge in [0.25, 0.3) is 0 Å². The Morgan fingerprint density at radius 1 is 1.25 bits per heavy atom. The highest BCUT2D eigenvalue weighted by Gasteiger charge is 2.05. The van der Waals surface area contributed by atoms with Crippen molar-refractivity contribution < 1.29 is 13.2 Å². The van der Waals surface area contributed by atoms with Crippen LogP contribution in [0.2, 0.25) is 5.28 Å². The summed E-state index contributed by atoms with van der Waals surface area (Å²) in [5.41, 5.74) is 0. The van der Waals surface area contributed by atoms with E-state index in [9.17, 15) is 8.42 Å². The average Bonchev–Trinajstić information content (AvgIpc) is 2.34. The maximum Gasteiger partial charge on any atom is 0.322 e. The zero-order valence-electron chi connectivity index (χ0n) is 11.4. The second-order valence-electron chi connectivity index (χ2n) is 4.01. The van der Waals surface area contributed by atoms with Crippen molar-refractivity contribution in [3.05, 3.63) is 5.28 Å². The molecule has 2 N–H and O–H groups in total. The molecule has 0 amide bonds. The molecular formula is C10H18ClN5O3S. The van der Waals surface area contributed by atoms with E-state index >= 15 is 0 Å². The third-order valence-electron chi connectivity index (χ3n) is 2.02. The summed E-state index contributed by atoms with van der Waals surface area (Å²) in [6.45, 7) is 3.30. The van der Waals surface area contributed by atoms with Crippen LogP contribution in [0.15, 0.2) is 0 Å². The minimum atomic E-state index is -3.15. The number of anilines is 1. The van der Waals surface area contributed by atoms with Crippen molar-refractivity contribution >= 4 is 27.6 Å². The summed E-state index contributed by atoms with van der Waals surface area (Å²) < 4.78 is 29.4. The fourth-order valence-corrected chi connectivity index (χ4v) is 1.88. The van der Waals surface area contributed by atoms with Crippen LogP contribution in [0.1, 0.15) is 19.8 Å². The first-order valence-corrected chi connectivity index (χ1v) is 8.40. The number of rotatable bonds is 9. The van der Waals surface area contributed by atoms with Gasteiger partial charge in [-0.1, -0.05) is 6.92 Å². The molecule has 0 spiro atoms. The molecule has 0 unspecified atom stereocenters.